The second-order valence-corrected chi connectivity index (χ2v) is 4.36. The summed E-state index contributed by atoms with van der Waals surface area (Å²) >= 11 is 0. The molecule has 0 heterocycles. The lowest BCUT2D eigenvalue weighted by atomic mass is 10.3. The smallest absolute Gasteiger partial charge is 0.333 e. The van der Waals surface area contributed by atoms with Crippen molar-refractivity contribution in [3.05, 3.63) is 0 Å². The Bertz CT molecular complexity index is 463. The minimum absolute atomic E-state index is 0.755. The average Bonchev–Trinajstić information content (AvgIpc) is 2.46. The van der Waals surface area contributed by atoms with Crippen molar-refractivity contribution in [1.29, 1.82) is 0 Å². The summed E-state index contributed by atoms with van der Waals surface area (Å²) in [6.07, 6.45) is -7.63. The first-order valence-electron chi connectivity index (χ1n) is 6.49. The standard InChI is InChI=1S/3C4H6O5/c3*5-2(4(8)9)1-3(6)7/h3*2,5H,1H2,(H,6,7)(H,8,9). The highest BCUT2D eigenvalue weighted by Gasteiger charge is 2.17. The number of aliphatic hydroxyl groups is 3. The summed E-state index contributed by atoms with van der Waals surface area (Å²) in [5, 5.41) is 72.4. The van der Waals surface area contributed by atoms with Crippen molar-refractivity contribution in [3.8, 4) is 0 Å². The van der Waals surface area contributed by atoms with E-state index in [1.807, 2.05) is 0 Å². The predicted octanol–water partition coefficient (Wildman–Crippen LogP) is -3.28. The van der Waals surface area contributed by atoms with Crippen LogP contribution in [0, 0.1) is 0 Å². The number of carbonyl (C=O) groups is 6. The molecule has 0 aliphatic carbocycles. The fraction of sp³-hybridized carbons (Fsp3) is 0.500. The lowest BCUT2D eigenvalue weighted by molar-refractivity contribution is -0.153. The van der Waals surface area contributed by atoms with Crippen molar-refractivity contribution in [2.45, 2.75) is 37.6 Å². The van der Waals surface area contributed by atoms with Crippen LogP contribution >= 0.6 is 0 Å². The number of hydrogen-bond acceptors (Lipinski definition) is 9. The van der Waals surface area contributed by atoms with E-state index in [0.717, 1.165) is 0 Å². The maximum atomic E-state index is 9.72. The molecule has 0 aromatic rings. The molecular weight excluding hydrogens is 384 g/mol. The van der Waals surface area contributed by atoms with E-state index in [4.69, 9.17) is 46.0 Å². The molecule has 156 valence electrons. The molecule has 9 N–H and O–H groups in total. The van der Waals surface area contributed by atoms with E-state index in [9.17, 15) is 28.8 Å². The molecule has 15 nitrogen and oxygen atoms in total. The van der Waals surface area contributed by atoms with Gasteiger partial charge in [0.15, 0.2) is 18.3 Å². The summed E-state index contributed by atoms with van der Waals surface area (Å²) in [7, 11) is 0. The van der Waals surface area contributed by atoms with Gasteiger partial charge in [-0.25, -0.2) is 14.4 Å². The van der Waals surface area contributed by atoms with Crippen molar-refractivity contribution in [1.82, 2.24) is 0 Å². The molecule has 27 heavy (non-hydrogen) atoms. The average molecular weight is 402 g/mol. The van der Waals surface area contributed by atoms with E-state index in [1.165, 1.54) is 0 Å². The fourth-order valence-electron chi connectivity index (χ4n) is 0.758. The molecule has 0 bridgehead atoms. The van der Waals surface area contributed by atoms with E-state index in [2.05, 4.69) is 0 Å². The van der Waals surface area contributed by atoms with Crippen LogP contribution in [0.25, 0.3) is 0 Å². The summed E-state index contributed by atoms with van der Waals surface area (Å²) in [6.45, 7) is 0. The van der Waals surface area contributed by atoms with Gasteiger partial charge in [-0.1, -0.05) is 0 Å². The number of aliphatic hydroxyl groups excluding tert-OH is 3. The van der Waals surface area contributed by atoms with Gasteiger partial charge in [-0.05, 0) is 0 Å². The molecule has 0 aliphatic rings. The highest BCUT2D eigenvalue weighted by Crippen LogP contribution is 1.90. The summed E-state index contributed by atoms with van der Waals surface area (Å²) in [6, 6.07) is 0. The highest BCUT2D eigenvalue weighted by molar-refractivity contribution is 5.80. The van der Waals surface area contributed by atoms with Crippen LogP contribution < -0.4 is 0 Å². The molecule has 0 rings (SSSR count). The number of rotatable bonds is 9. The highest BCUT2D eigenvalue weighted by atomic mass is 16.4. The van der Waals surface area contributed by atoms with Crippen LogP contribution in [0.15, 0.2) is 0 Å². The van der Waals surface area contributed by atoms with Gasteiger partial charge in [0.05, 0.1) is 19.3 Å². The summed E-state index contributed by atoms with van der Waals surface area (Å²) in [5.41, 5.74) is 0. The molecule has 0 spiro atoms. The fourth-order valence-corrected chi connectivity index (χ4v) is 0.758. The van der Waals surface area contributed by atoms with Crippen LogP contribution in [0.4, 0.5) is 0 Å². The molecule has 15 heteroatoms. The minimum Gasteiger partial charge on any atom is -0.481 e. The molecular formula is C12H18O15. The third-order valence-corrected chi connectivity index (χ3v) is 1.96. The maximum absolute atomic E-state index is 9.72. The van der Waals surface area contributed by atoms with E-state index in [-0.39, 0.29) is 0 Å². The van der Waals surface area contributed by atoms with Crippen molar-refractivity contribution in [2.24, 2.45) is 0 Å². The third kappa shape index (κ3) is 22.7. The van der Waals surface area contributed by atoms with Gasteiger partial charge in [-0.2, -0.15) is 0 Å². The molecule has 0 aliphatic heterocycles. The second kappa shape index (κ2) is 15.0. The number of hydrogen-bond donors (Lipinski definition) is 9. The zero-order valence-electron chi connectivity index (χ0n) is 13.3. The Hall–Kier alpha value is -3.30. The Balaban J connectivity index is -0.000000320. The first-order chi connectivity index (χ1) is 12.1. The molecule has 0 saturated carbocycles. The molecule has 3 unspecified atom stereocenters. The lowest BCUT2D eigenvalue weighted by Gasteiger charge is -1.97. The summed E-state index contributed by atoms with van der Waals surface area (Å²) < 4.78 is 0. The van der Waals surface area contributed by atoms with Crippen LogP contribution in [0.5, 0.6) is 0 Å². The lowest BCUT2D eigenvalue weighted by Crippen LogP contribution is -2.22. The van der Waals surface area contributed by atoms with E-state index in [1.54, 1.807) is 0 Å². The van der Waals surface area contributed by atoms with Gasteiger partial charge in [0, 0.05) is 0 Å². The third-order valence-electron chi connectivity index (χ3n) is 1.96. The van der Waals surface area contributed by atoms with Crippen LogP contribution in [-0.4, -0.2) is 100 Å². The summed E-state index contributed by atoms with van der Waals surface area (Å²) in [5.74, 6) is -8.54. The Morgan fingerprint density at radius 2 is 0.593 bits per heavy atom. The zero-order valence-corrected chi connectivity index (χ0v) is 13.3. The largest absolute Gasteiger partial charge is 0.481 e. The summed E-state index contributed by atoms with van der Waals surface area (Å²) in [4.78, 5) is 58.2. The number of carboxylic acids is 6. The van der Waals surface area contributed by atoms with Crippen LogP contribution in [0.3, 0.4) is 0 Å². The van der Waals surface area contributed by atoms with Gasteiger partial charge in [0.1, 0.15) is 0 Å². The van der Waals surface area contributed by atoms with Crippen LogP contribution in [0.2, 0.25) is 0 Å². The molecule has 0 amide bonds. The molecule has 0 fully saturated rings. The first kappa shape index (κ1) is 28.5. The Morgan fingerprint density at radius 1 is 0.444 bits per heavy atom. The Morgan fingerprint density at radius 3 is 0.630 bits per heavy atom. The monoisotopic (exact) mass is 402 g/mol. The van der Waals surface area contributed by atoms with Crippen LogP contribution in [-0.2, 0) is 28.8 Å². The molecule has 0 radical (unpaired) electrons. The van der Waals surface area contributed by atoms with Crippen molar-refractivity contribution < 1.29 is 74.7 Å². The number of carboxylic acid groups (broad SMARTS) is 6. The van der Waals surface area contributed by atoms with Gasteiger partial charge in [0.2, 0.25) is 0 Å². The zero-order chi connectivity index (χ0) is 22.3. The van der Waals surface area contributed by atoms with Crippen molar-refractivity contribution in [3.63, 3.8) is 0 Å². The van der Waals surface area contributed by atoms with Gasteiger partial charge < -0.3 is 46.0 Å². The molecule has 0 saturated heterocycles. The molecule has 3 atom stereocenters. The minimum atomic E-state index is -1.79. The van der Waals surface area contributed by atoms with Gasteiger partial charge in [-0.3, -0.25) is 14.4 Å². The Kier molecular flexibility index (Phi) is 15.8. The van der Waals surface area contributed by atoms with E-state index in [0.29, 0.717) is 0 Å². The van der Waals surface area contributed by atoms with Gasteiger partial charge >= 0.3 is 35.8 Å². The van der Waals surface area contributed by atoms with Crippen LogP contribution in [0.1, 0.15) is 19.3 Å². The van der Waals surface area contributed by atoms with Crippen molar-refractivity contribution >= 4 is 35.8 Å². The molecule has 0 aromatic carbocycles. The topological polar surface area (TPSA) is 284 Å². The SMILES string of the molecule is O=C(O)CC(O)C(=O)O.O=C(O)CC(O)C(=O)O.O=C(O)CC(O)C(=O)O. The molecule has 0 aromatic heterocycles. The first-order valence-corrected chi connectivity index (χ1v) is 6.49. The number of aliphatic carboxylic acids is 6. The van der Waals surface area contributed by atoms with E-state index < -0.39 is 73.4 Å². The normalized spacial score (nSPS) is 12.6. The maximum Gasteiger partial charge on any atom is 0.333 e. The predicted molar refractivity (Wildman–Crippen MR) is 77.7 cm³/mol. The second-order valence-electron chi connectivity index (χ2n) is 4.36. The Labute approximate surface area is 149 Å². The van der Waals surface area contributed by atoms with Crippen molar-refractivity contribution in [2.75, 3.05) is 0 Å². The quantitative estimate of drug-likeness (QED) is 0.183. The van der Waals surface area contributed by atoms with E-state index >= 15 is 0 Å². The van der Waals surface area contributed by atoms with Gasteiger partial charge in [0.25, 0.3) is 0 Å². The van der Waals surface area contributed by atoms with Gasteiger partial charge in [-0.15, -0.1) is 0 Å².